The van der Waals surface area contributed by atoms with Crippen LogP contribution in [0.15, 0.2) is 36.4 Å². The largest absolute Gasteiger partial charge is 0.496 e. The Hall–Kier alpha value is -2.73. The van der Waals surface area contributed by atoms with Gasteiger partial charge >= 0.3 is 0 Å². The van der Waals surface area contributed by atoms with Crippen LogP contribution in [0.25, 0.3) is 11.1 Å². The average Bonchev–Trinajstić information content (AvgIpc) is 3.73. The number of hydrogen-bond acceptors (Lipinski definition) is 9. The summed E-state index contributed by atoms with van der Waals surface area (Å²) in [5, 5.41) is 19.7. The van der Waals surface area contributed by atoms with E-state index in [1.807, 2.05) is 12.1 Å². The Morgan fingerprint density at radius 1 is 1.22 bits per heavy atom. The van der Waals surface area contributed by atoms with Crippen LogP contribution in [-0.4, -0.2) is 87.4 Å². The topological polar surface area (TPSA) is 122 Å². The van der Waals surface area contributed by atoms with Crippen molar-refractivity contribution in [2.75, 3.05) is 45.8 Å². The summed E-state index contributed by atoms with van der Waals surface area (Å²) in [6.07, 6.45) is 3.47. The van der Waals surface area contributed by atoms with Gasteiger partial charge in [-0.1, -0.05) is 39.0 Å². The highest BCUT2D eigenvalue weighted by Crippen LogP contribution is 2.61. The van der Waals surface area contributed by atoms with Crippen molar-refractivity contribution in [3.63, 3.8) is 0 Å². The predicted molar refractivity (Wildman–Crippen MR) is 193 cm³/mol. The molecule has 10 heteroatoms. The van der Waals surface area contributed by atoms with Gasteiger partial charge in [-0.05, 0) is 85.1 Å². The number of fused-ring (bicyclic) bond motifs is 2. The van der Waals surface area contributed by atoms with E-state index in [-0.39, 0.29) is 24.6 Å². The Balaban J connectivity index is 1.25. The number of carbonyl (C=O) groups excluding carboxylic acids is 1. The molecular formula is C39H59N5O5. The first kappa shape index (κ1) is 36.1. The first-order valence-corrected chi connectivity index (χ1v) is 18.3. The molecule has 2 aromatic rings. The number of methoxy groups -OCH3 is 1. The summed E-state index contributed by atoms with van der Waals surface area (Å²) in [5.41, 5.74) is 11.7. The van der Waals surface area contributed by atoms with Gasteiger partial charge in [-0.3, -0.25) is 9.63 Å². The van der Waals surface area contributed by atoms with Crippen LogP contribution in [0.4, 0.5) is 5.69 Å². The SMILES string of the molecule is COc1c(CN2O[C@@H](CN)[C@@H]([C@H](C)O)[C@H]2C(=O)NC2C[C@H]3C[C@H]([C@@H]2C)C3(C)C)cccc1-c1cc(CNC[C@H]2CCCO2)cc(N(C)C)c1. The van der Waals surface area contributed by atoms with Crippen LogP contribution in [-0.2, 0) is 27.5 Å². The zero-order valence-corrected chi connectivity index (χ0v) is 30.6. The van der Waals surface area contributed by atoms with E-state index in [1.165, 1.54) is 12.0 Å². The first-order chi connectivity index (χ1) is 23.4. The van der Waals surface area contributed by atoms with Crippen LogP contribution >= 0.6 is 0 Å². The van der Waals surface area contributed by atoms with Crippen molar-refractivity contribution in [2.45, 2.75) is 96.9 Å². The molecule has 0 spiro atoms. The molecular weight excluding hydrogens is 618 g/mol. The number of para-hydroxylation sites is 1. The monoisotopic (exact) mass is 677 g/mol. The summed E-state index contributed by atoms with van der Waals surface area (Å²) in [6.45, 7) is 11.7. The van der Waals surface area contributed by atoms with Crippen molar-refractivity contribution in [1.29, 1.82) is 0 Å². The third-order valence-electron chi connectivity index (χ3n) is 12.3. The molecule has 2 saturated heterocycles. The molecule has 270 valence electrons. The highest BCUT2D eigenvalue weighted by Gasteiger charge is 2.57. The molecule has 5 aliphatic rings. The lowest BCUT2D eigenvalue weighted by molar-refractivity contribution is -0.175. The van der Waals surface area contributed by atoms with Gasteiger partial charge in [-0.25, -0.2) is 0 Å². The molecule has 0 aromatic heterocycles. The third-order valence-corrected chi connectivity index (χ3v) is 12.3. The minimum Gasteiger partial charge on any atom is -0.496 e. The second-order valence-corrected chi connectivity index (χ2v) is 15.8. The van der Waals surface area contributed by atoms with Gasteiger partial charge in [0, 0.05) is 69.1 Å². The fourth-order valence-corrected chi connectivity index (χ4v) is 9.25. The summed E-state index contributed by atoms with van der Waals surface area (Å²) in [5.74, 6) is 1.77. The molecule has 2 aromatic carbocycles. The lowest BCUT2D eigenvalue weighted by Crippen LogP contribution is -2.62. The van der Waals surface area contributed by atoms with Crippen LogP contribution in [0, 0.1) is 29.1 Å². The summed E-state index contributed by atoms with van der Waals surface area (Å²) in [7, 11) is 5.79. The smallest absolute Gasteiger partial charge is 0.240 e. The number of hydrogen-bond donors (Lipinski definition) is 4. The van der Waals surface area contributed by atoms with Gasteiger partial charge < -0.3 is 35.8 Å². The minimum absolute atomic E-state index is 0.105. The number of nitrogens with one attached hydrogen (secondary N) is 2. The van der Waals surface area contributed by atoms with Crippen molar-refractivity contribution in [1.82, 2.24) is 15.7 Å². The zero-order chi connectivity index (χ0) is 35.0. The van der Waals surface area contributed by atoms with Gasteiger partial charge in [0.1, 0.15) is 11.8 Å². The quantitative estimate of drug-likeness (QED) is 0.246. The lowest BCUT2D eigenvalue weighted by atomic mass is 9.45. The van der Waals surface area contributed by atoms with Gasteiger partial charge in [-0.2, -0.15) is 5.06 Å². The molecule has 7 rings (SSSR count). The second-order valence-electron chi connectivity index (χ2n) is 15.8. The van der Waals surface area contributed by atoms with Gasteiger partial charge in [0.2, 0.25) is 5.91 Å². The number of nitrogens with zero attached hydrogens (tertiary/aromatic N) is 2. The van der Waals surface area contributed by atoms with Crippen LogP contribution in [0.5, 0.6) is 5.75 Å². The maximum atomic E-state index is 14.2. The molecule has 5 N–H and O–H groups in total. The number of aliphatic hydroxyl groups is 1. The van der Waals surface area contributed by atoms with Gasteiger partial charge in [0.05, 0.1) is 32.0 Å². The average molecular weight is 678 g/mol. The van der Waals surface area contributed by atoms with E-state index in [4.69, 9.17) is 20.0 Å². The molecule has 2 heterocycles. The maximum absolute atomic E-state index is 14.2. The van der Waals surface area contributed by atoms with E-state index in [1.54, 1.807) is 19.1 Å². The Morgan fingerprint density at radius 2 is 2.02 bits per heavy atom. The molecule has 3 aliphatic carbocycles. The number of carbonyl (C=O) groups is 1. The lowest BCUT2D eigenvalue weighted by Gasteiger charge is -2.62. The summed E-state index contributed by atoms with van der Waals surface area (Å²) in [4.78, 5) is 22.8. The number of aliphatic hydroxyl groups excluding tert-OH is 1. The van der Waals surface area contributed by atoms with Crippen molar-refractivity contribution in [3.8, 4) is 16.9 Å². The van der Waals surface area contributed by atoms with Crippen LogP contribution in [0.3, 0.4) is 0 Å². The molecule has 1 unspecified atom stereocenters. The van der Waals surface area contributed by atoms with E-state index in [0.29, 0.717) is 29.7 Å². The molecule has 3 saturated carbocycles. The fraction of sp³-hybridized carbons (Fsp3) is 0.667. The molecule has 2 aliphatic heterocycles. The van der Waals surface area contributed by atoms with Gasteiger partial charge in [0.15, 0.2) is 0 Å². The molecule has 2 bridgehead atoms. The Labute approximate surface area is 293 Å². The van der Waals surface area contributed by atoms with Crippen molar-refractivity contribution < 1.29 is 24.2 Å². The number of ether oxygens (including phenoxy) is 2. The van der Waals surface area contributed by atoms with Gasteiger partial charge in [0.25, 0.3) is 0 Å². The fourth-order valence-electron chi connectivity index (χ4n) is 9.25. The molecule has 0 radical (unpaired) electrons. The Kier molecular flexibility index (Phi) is 10.9. The minimum atomic E-state index is -0.778. The highest BCUT2D eigenvalue weighted by molar-refractivity contribution is 5.83. The molecule has 9 atom stereocenters. The number of rotatable bonds is 13. The van der Waals surface area contributed by atoms with Crippen molar-refractivity contribution in [2.24, 2.45) is 34.8 Å². The molecule has 1 amide bonds. The normalized spacial score (nSPS) is 31.3. The number of hydroxylamine groups is 2. The number of amides is 1. The molecule has 10 nitrogen and oxygen atoms in total. The van der Waals surface area contributed by atoms with Crippen molar-refractivity contribution in [3.05, 3.63) is 47.5 Å². The number of benzene rings is 2. The number of anilines is 1. The highest BCUT2D eigenvalue weighted by atomic mass is 16.7. The predicted octanol–water partition coefficient (Wildman–Crippen LogP) is 4.32. The van der Waals surface area contributed by atoms with E-state index in [0.717, 1.165) is 67.1 Å². The van der Waals surface area contributed by atoms with Crippen molar-refractivity contribution >= 4 is 11.6 Å². The van der Waals surface area contributed by atoms with Gasteiger partial charge in [-0.15, -0.1) is 0 Å². The summed E-state index contributed by atoms with van der Waals surface area (Å²) < 4.78 is 11.9. The van der Waals surface area contributed by atoms with Crippen LogP contribution in [0.2, 0.25) is 0 Å². The Bertz CT molecular complexity index is 1460. The van der Waals surface area contributed by atoms with Crippen LogP contribution < -0.4 is 26.0 Å². The van der Waals surface area contributed by atoms with Crippen LogP contribution in [0.1, 0.15) is 64.5 Å². The van der Waals surface area contributed by atoms with E-state index in [9.17, 15) is 9.90 Å². The molecule has 5 fully saturated rings. The standard InChI is InChI=1S/C39H59N5O5/c1-23-32-17-28(39(32,3)4)18-33(23)42-38(46)36-35(24(2)45)34(19-40)49-44(36)22-26-10-8-12-31(37(26)47-7)27-14-25(15-29(16-27)43(5)6)20-41-21-30-11-9-13-48-30/h8,10,12,14-16,23-24,28,30,32-36,41,45H,9,11,13,17-22,40H2,1-7H3,(H,42,46)/t23-,24-,28+,30+,32+,33?,34-,35+,36-/m0/s1. The number of nitrogens with two attached hydrogens (primary N) is 1. The summed E-state index contributed by atoms with van der Waals surface area (Å²) in [6, 6.07) is 12.1. The van der Waals surface area contributed by atoms with E-state index in [2.05, 4.69) is 74.7 Å². The van der Waals surface area contributed by atoms with E-state index >= 15 is 0 Å². The maximum Gasteiger partial charge on any atom is 0.240 e. The van der Waals surface area contributed by atoms with E-state index < -0.39 is 24.2 Å². The second kappa shape index (κ2) is 14.9. The summed E-state index contributed by atoms with van der Waals surface area (Å²) >= 11 is 0. The first-order valence-electron chi connectivity index (χ1n) is 18.3. The Morgan fingerprint density at radius 3 is 2.65 bits per heavy atom. The third kappa shape index (κ3) is 7.23. The molecule has 49 heavy (non-hydrogen) atoms. The zero-order valence-electron chi connectivity index (χ0n) is 30.6.